The van der Waals surface area contributed by atoms with Crippen molar-refractivity contribution < 1.29 is 14.3 Å². The molecule has 0 unspecified atom stereocenters. The van der Waals surface area contributed by atoms with E-state index in [1.165, 1.54) is 0 Å². The number of carbonyl (C=O) groups excluding carboxylic acids is 2. The molecule has 1 aliphatic heterocycles. The summed E-state index contributed by atoms with van der Waals surface area (Å²) >= 11 is 0. The lowest BCUT2D eigenvalue weighted by molar-refractivity contribution is 0.0521. The van der Waals surface area contributed by atoms with Crippen LogP contribution in [-0.4, -0.2) is 55.3 Å². The number of rotatable bonds is 4. The molecule has 0 aromatic carbocycles. The molecule has 0 saturated heterocycles. The summed E-state index contributed by atoms with van der Waals surface area (Å²) in [6.45, 7) is 2.62. The number of amides is 1. The second-order valence-corrected chi connectivity index (χ2v) is 4.99. The van der Waals surface area contributed by atoms with Crippen molar-refractivity contribution in [2.24, 2.45) is 4.99 Å². The van der Waals surface area contributed by atoms with Crippen LogP contribution in [0.4, 0.5) is 5.69 Å². The van der Waals surface area contributed by atoms with Crippen molar-refractivity contribution >= 4 is 23.9 Å². The number of nitrogens with zero attached hydrogens (tertiary/aromatic N) is 2. The van der Waals surface area contributed by atoms with Gasteiger partial charge < -0.3 is 19.9 Å². The second kappa shape index (κ2) is 6.43. The number of H-pyrrole nitrogens is 1. The number of aromatic amines is 1. The molecule has 21 heavy (non-hydrogen) atoms. The minimum atomic E-state index is -0.496. The average Bonchev–Trinajstić information content (AvgIpc) is 2.70. The number of aromatic nitrogens is 1. The van der Waals surface area contributed by atoms with Crippen LogP contribution < -0.4 is 5.32 Å². The Morgan fingerprint density at radius 2 is 2.24 bits per heavy atom. The van der Waals surface area contributed by atoms with Gasteiger partial charge in [0.05, 0.1) is 12.9 Å². The topological polar surface area (TPSA) is 86.8 Å². The number of fused-ring (bicyclic) bond motifs is 1. The summed E-state index contributed by atoms with van der Waals surface area (Å²) in [5.41, 5.74) is 1.90. The fourth-order valence-corrected chi connectivity index (χ4v) is 2.19. The summed E-state index contributed by atoms with van der Waals surface area (Å²) in [6, 6.07) is 0. The molecule has 2 N–H and O–H groups in total. The van der Waals surface area contributed by atoms with E-state index in [1.807, 2.05) is 14.1 Å². The van der Waals surface area contributed by atoms with Gasteiger partial charge in [-0.1, -0.05) is 0 Å². The molecular weight excluding hydrogens is 272 g/mol. The first-order chi connectivity index (χ1) is 10.0. The average molecular weight is 292 g/mol. The molecule has 2 heterocycles. The van der Waals surface area contributed by atoms with Crippen LogP contribution in [0.5, 0.6) is 0 Å². The lowest BCUT2D eigenvalue weighted by Gasteiger charge is -2.05. The molecule has 0 atom stereocenters. The van der Waals surface area contributed by atoms with Gasteiger partial charge in [-0.3, -0.25) is 4.79 Å². The number of aliphatic imine (C=N–C) groups is 1. The maximum absolute atomic E-state index is 12.0. The predicted molar refractivity (Wildman–Crippen MR) is 79.2 cm³/mol. The standard InChI is InChI=1S/C14H20N4O3/c1-4-21-14(20)12-10(16-8-18(2)3)9-6-5-7-15-13(19)11(9)17-12/h8,17H,4-7H2,1-3H3,(H,15,19). The fourth-order valence-electron chi connectivity index (χ4n) is 2.19. The molecule has 7 heteroatoms. The summed E-state index contributed by atoms with van der Waals surface area (Å²) in [7, 11) is 3.68. The molecule has 2 rings (SSSR count). The van der Waals surface area contributed by atoms with Crippen LogP contribution in [0.15, 0.2) is 4.99 Å². The Bertz CT molecular complexity index is 575. The summed E-state index contributed by atoms with van der Waals surface area (Å²) in [5.74, 6) is -0.705. The smallest absolute Gasteiger partial charge is 0.357 e. The van der Waals surface area contributed by atoms with Gasteiger partial charge in [-0.2, -0.15) is 0 Å². The van der Waals surface area contributed by atoms with E-state index in [9.17, 15) is 9.59 Å². The zero-order valence-corrected chi connectivity index (χ0v) is 12.5. The Morgan fingerprint density at radius 3 is 2.90 bits per heavy atom. The Morgan fingerprint density at radius 1 is 1.48 bits per heavy atom. The lowest BCUT2D eigenvalue weighted by atomic mass is 10.1. The van der Waals surface area contributed by atoms with E-state index in [2.05, 4.69) is 15.3 Å². The SMILES string of the molecule is CCOC(=O)c1[nH]c2c(c1N=CN(C)C)CCCNC2=O. The van der Waals surface area contributed by atoms with Gasteiger partial charge in [0, 0.05) is 26.2 Å². The van der Waals surface area contributed by atoms with Crippen LogP contribution in [0.2, 0.25) is 0 Å². The highest BCUT2D eigenvalue weighted by molar-refractivity contribution is 6.02. The molecular formula is C14H20N4O3. The van der Waals surface area contributed by atoms with Gasteiger partial charge in [-0.05, 0) is 19.8 Å². The molecule has 1 aromatic rings. The molecule has 0 bridgehead atoms. The maximum atomic E-state index is 12.0. The quantitative estimate of drug-likeness (QED) is 0.494. The molecule has 0 radical (unpaired) electrons. The van der Waals surface area contributed by atoms with Crippen molar-refractivity contribution in [3.8, 4) is 0 Å². The number of carbonyl (C=O) groups is 2. The van der Waals surface area contributed by atoms with E-state index in [0.29, 0.717) is 24.3 Å². The summed E-state index contributed by atoms with van der Waals surface area (Å²) in [5, 5.41) is 2.79. The lowest BCUT2D eigenvalue weighted by Crippen LogP contribution is -2.23. The van der Waals surface area contributed by atoms with Crippen LogP contribution in [0.1, 0.15) is 39.9 Å². The zero-order valence-electron chi connectivity index (χ0n) is 12.5. The number of hydrogen-bond donors (Lipinski definition) is 2. The van der Waals surface area contributed by atoms with Crippen molar-refractivity contribution in [3.05, 3.63) is 17.0 Å². The zero-order chi connectivity index (χ0) is 15.4. The Kier molecular flexibility index (Phi) is 4.62. The van der Waals surface area contributed by atoms with Gasteiger partial charge in [0.25, 0.3) is 5.91 Å². The third kappa shape index (κ3) is 3.24. The van der Waals surface area contributed by atoms with Crippen LogP contribution in [0, 0.1) is 0 Å². The third-order valence-corrected chi connectivity index (χ3v) is 3.09. The van der Waals surface area contributed by atoms with Gasteiger partial charge in [0.2, 0.25) is 0 Å². The maximum Gasteiger partial charge on any atom is 0.357 e. The van der Waals surface area contributed by atoms with Crippen molar-refractivity contribution in [3.63, 3.8) is 0 Å². The molecule has 0 fully saturated rings. The normalized spacial score (nSPS) is 14.5. The fraction of sp³-hybridized carbons (Fsp3) is 0.500. The van der Waals surface area contributed by atoms with Crippen molar-refractivity contribution in [1.29, 1.82) is 0 Å². The number of hydrogen-bond acceptors (Lipinski definition) is 4. The van der Waals surface area contributed by atoms with Crippen LogP contribution in [0.3, 0.4) is 0 Å². The highest BCUT2D eigenvalue weighted by atomic mass is 16.5. The van der Waals surface area contributed by atoms with Crippen LogP contribution >= 0.6 is 0 Å². The predicted octanol–water partition coefficient (Wildman–Crippen LogP) is 1.09. The monoisotopic (exact) mass is 292 g/mol. The first-order valence-electron chi connectivity index (χ1n) is 6.95. The largest absolute Gasteiger partial charge is 0.461 e. The molecule has 1 aromatic heterocycles. The van der Waals surface area contributed by atoms with Gasteiger partial charge in [-0.15, -0.1) is 0 Å². The molecule has 0 saturated carbocycles. The van der Waals surface area contributed by atoms with E-state index < -0.39 is 5.97 Å². The van der Waals surface area contributed by atoms with Gasteiger partial charge in [0.15, 0.2) is 5.69 Å². The highest BCUT2D eigenvalue weighted by Gasteiger charge is 2.27. The van der Waals surface area contributed by atoms with E-state index in [4.69, 9.17) is 4.74 Å². The number of esters is 1. The molecule has 0 aliphatic carbocycles. The molecule has 0 spiro atoms. The van der Waals surface area contributed by atoms with Crippen molar-refractivity contribution in [1.82, 2.24) is 15.2 Å². The van der Waals surface area contributed by atoms with Crippen LogP contribution in [0.25, 0.3) is 0 Å². The van der Waals surface area contributed by atoms with Crippen molar-refractivity contribution in [2.45, 2.75) is 19.8 Å². The van der Waals surface area contributed by atoms with Gasteiger partial charge >= 0.3 is 5.97 Å². The molecule has 1 aliphatic rings. The van der Waals surface area contributed by atoms with Crippen molar-refractivity contribution in [2.75, 3.05) is 27.2 Å². The second-order valence-electron chi connectivity index (χ2n) is 4.99. The number of ether oxygens (including phenoxy) is 1. The van der Waals surface area contributed by atoms with E-state index in [1.54, 1.807) is 18.2 Å². The Balaban J connectivity index is 2.51. The first-order valence-corrected chi connectivity index (χ1v) is 6.95. The van der Waals surface area contributed by atoms with E-state index in [0.717, 1.165) is 12.0 Å². The van der Waals surface area contributed by atoms with E-state index in [-0.39, 0.29) is 18.2 Å². The molecule has 7 nitrogen and oxygen atoms in total. The minimum Gasteiger partial charge on any atom is -0.461 e. The first kappa shape index (κ1) is 15.1. The summed E-state index contributed by atoms with van der Waals surface area (Å²) in [6.07, 6.45) is 3.10. The van der Waals surface area contributed by atoms with Gasteiger partial charge in [-0.25, -0.2) is 9.79 Å². The highest BCUT2D eigenvalue weighted by Crippen LogP contribution is 2.31. The summed E-state index contributed by atoms with van der Waals surface area (Å²) < 4.78 is 5.03. The summed E-state index contributed by atoms with van der Waals surface area (Å²) in [4.78, 5) is 33.1. The minimum absolute atomic E-state index is 0.209. The number of nitrogens with one attached hydrogen (secondary N) is 2. The van der Waals surface area contributed by atoms with Crippen LogP contribution in [-0.2, 0) is 11.2 Å². The molecule has 114 valence electrons. The van der Waals surface area contributed by atoms with E-state index >= 15 is 0 Å². The van der Waals surface area contributed by atoms with Gasteiger partial charge in [0.1, 0.15) is 11.4 Å². The Labute approximate surface area is 123 Å². The third-order valence-electron chi connectivity index (χ3n) is 3.09. The molecule has 1 amide bonds. The Hall–Kier alpha value is -2.31.